The zero-order chi connectivity index (χ0) is 17.7. The Bertz CT molecular complexity index is 604. The lowest BCUT2D eigenvalue weighted by Gasteiger charge is -2.12. The van der Waals surface area contributed by atoms with Gasteiger partial charge in [-0.05, 0) is 29.7 Å². The van der Waals surface area contributed by atoms with E-state index in [1.54, 1.807) is 0 Å². The van der Waals surface area contributed by atoms with Gasteiger partial charge in [0.1, 0.15) is 0 Å². The Kier molecular flexibility index (Phi) is 9.69. The first-order valence-corrected chi connectivity index (χ1v) is 11.0. The van der Waals surface area contributed by atoms with E-state index in [4.69, 9.17) is 11.6 Å². The molecular formula is C23H29ClSi. The van der Waals surface area contributed by atoms with Gasteiger partial charge in [0.15, 0.2) is 0 Å². The molecule has 0 N–H and O–H groups in total. The zero-order valence-electron chi connectivity index (χ0n) is 15.3. The maximum Gasteiger partial charge on any atom is 0.0884 e. The van der Waals surface area contributed by atoms with Gasteiger partial charge in [-0.1, -0.05) is 117 Å². The van der Waals surface area contributed by atoms with E-state index >= 15 is 0 Å². The number of hydrogen-bond acceptors (Lipinski definition) is 0. The summed E-state index contributed by atoms with van der Waals surface area (Å²) in [4.78, 5) is 0. The van der Waals surface area contributed by atoms with Gasteiger partial charge in [0.2, 0.25) is 0 Å². The summed E-state index contributed by atoms with van der Waals surface area (Å²) in [5, 5.41) is 2.26. The number of rotatable bonds is 11. The molecule has 0 spiro atoms. The molecule has 2 aromatic rings. The van der Waals surface area contributed by atoms with E-state index in [0.29, 0.717) is 5.54 Å². The molecule has 0 aliphatic rings. The Morgan fingerprint density at radius 2 is 1.56 bits per heavy atom. The molecule has 0 amide bonds. The summed E-state index contributed by atoms with van der Waals surface area (Å²) in [6, 6.07) is 19.0. The lowest BCUT2D eigenvalue weighted by atomic mass is 10.1. The third-order valence-electron chi connectivity index (χ3n) is 4.39. The second-order valence-electron chi connectivity index (χ2n) is 6.58. The first kappa shape index (κ1) is 20.0. The molecule has 0 aromatic heterocycles. The average Bonchev–Trinajstić information content (AvgIpc) is 2.64. The van der Waals surface area contributed by atoms with Crippen molar-refractivity contribution >= 4 is 32.4 Å². The molecule has 0 heterocycles. The lowest BCUT2D eigenvalue weighted by molar-refractivity contribution is 0.591. The molecule has 0 aliphatic heterocycles. The number of allylic oxidation sites excluding steroid dienone is 1. The zero-order valence-corrected chi connectivity index (χ0v) is 17.0. The second kappa shape index (κ2) is 12.1. The number of unbranched alkanes of at least 4 members (excludes halogenated alkanes) is 5. The fraction of sp³-hybridized carbons (Fsp3) is 0.391. The van der Waals surface area contributed by atoms with Crippen LogP contribution < -0.4 is 5.19 Å². The first-order valence-electron chi connectivity index (χ1n) is 9.53. The highest BCUT2D eigenvalue weighted by Gasteiger charge is 2.08. The van der Waals surface area contributed by atoms with E-state index in [9.17, 15) is 0 Å². The van der Waals surface area contributed by atoms with Gasteiger partial charge in [0.25, 0.3) is 0 Å². The van der Waals surface area contributed by atoms with Crippen LogP contribution in [-0.2, 0) is 0 Å². The van der Waals surface area contributed by atoms with E-state index in [1.165, 1.54) is 55.7 Å². The topological polar surface area (TPSA) is 0 Å². The Labute approximate surface area is 161 Å². The van der Waals surface area contributed by atoms with Crippen LogP contribution in [0, 0.1) is 0 Å². The highest BCUT2D eigenvalue weighted by Crippen LogP contribution is 2.20. The van der Waals surface area contributed by atoms with Gasteiger partial charge >= 0.3 is 0 Å². The minimum Gasteiger partial charge on any atom is -0.0843 e. The van der Waals surface area contributed by atoms with Gasteiger partial charge in [0.05, 0.1) is 9.52 Å². The summed E-state index contributed by atoms with van der Waals surface area (Å²) < 4.78 is 0. The van der Waals surface area contributed by atoms with Crippen LogP contribution in [0.4, 0.5) is 0 Å². The van der Waals surface area contributed by atoms with Crippen LogP contribution in [0.3, 0.4) is 0 Å². The summed E-state index contributed by atoms with van der Waals surface area (Å²) in [6.07, 6.45) is 14.1. The molecular weight excluding hydrogens is 340 g/mol. The fourth-order valence-electron chi connectivity index (χ4n) is 2.91. The first-order chi connectivity index (χ1) is 12.3. The highest BCUT2D eigenvalue weighted by molar-refractivity contribution is 6.55. The SMILES string of the molecule is CCCCCCCCC(/C=C/c1ccc(Cl)cc1)[Si]c1ccccc1. The molecule has 1 unspecified atom stereocenters. The lowest BCUT2D eigenvalue weighted by Crippen LogP contribution is -2.18. The second-order valence-corrected chi connectivity index (χ2v) is 8.63. The van der Waals surface area contributed by atoms with Crippen LogP contribution in [-0.4, -0.2) is 9.52 Å². The molecule has 132 valence electrons. The molecule has 0 saturated heterocycles. The summed E-state index contributed by atoms with van der Waals surface area (Å²) in [5.41, 5.74) is 1.86. The van der Waals surface area contributed by atoms with E-state index in [-0.39, 0.29) is 0 Å². The van der Waals surface area contributed by atoms with Crippen molar-refractivity contribution in [3.8, 4) is 0 Å². The van der Waals surface area contributed by atoms with Crippen LogP contribution in [0.15, 0.2) is 60.7 Å². The van der Waals surface area contributed by atoms with Crippen LogP contribution in [0.25, 0.3) is 6.08 Å². The van der Waals surface area contributed by atoms with Crippen molar-refractivity contribution in [1.29, 1.82) is 0 Å². The normalized spacial score (nSPS) is 12.6. The van der Waals surface area contributed by atoms with Gasteiger partial charge in [-0.25, -0.2) is 0 Å². The van der Waals surface area contributed by atoms with E-state index in [1.807, 2.05) is 12.1 Å². The molecule has 2 radical (unpaired) electrons. The smallest absolute Gasteiger partial charge is 0.0843 e. The van der Waals surface area contributed by atoms with Crippen LogP contribution in [0.5, 0.6) is 0 Å². The molecule has 0 aliphatic carbocycles. The quantitative estimate of drug-likeness (QED) is 0.298. The predicted molar refractivity (Wildman–Crippen MR) is 114 cm³/mol. The van der Waals surface area contributed by atoms with Crippen molar-refractivity contribution in [2.75, 3.05) is 0 Å². The molecule has 2 aromatic carbocycles. The molecule has 2 rings (SSSR count). The molecule has 1 atom stereocenters. The standard InChI is InChI=1S/C23H29ClSi/c1-2-3-4-5-6-8-13-23(25-22-11-9-7-10-12-22)19-16-20-14-17-21(24)18-15-20/h7,9-12,14-19,23H,2-6,8,13H2,1H3/b19-16+. The van der Waals surface area contributed by atoms with Gasteiger partial charge < -0.3 is 0 Å². The van der Waals surface area contributed by atoms with Crippen molar-refractivity contribution < 1.29 is 0 Å². The fourth-order valence-corrected chi connectivity index (χ4v) is 4.39. The Morgan fingerprint density at radius 1 is 0.880 bits per heavy atom. The van der Waals surface area contributed by atoms with E-state index in [2.05, 4.69) is 61.5 Å². The number of halogens is 1. The minimum atomic E-state index is 0.629. The molecule has 25 heavy (non-hydrogen) atoms. The van der Waals surface area contributed by atoms with Crippen LogP contribution in [0.2, 0.25) is 10.6 Å². The van der Waals surface area contributed by atoms with Crippen molar-refractivity contribution in [2.24, 2.45) is 0 Å². The van der Waals surface area contributed by atoms with Gasteiger partial charge in [0, 0.05) is 5.02 Å². The van der Waals surface area contributed by atoms with Crippen LogP contribution >= 0.6 is 11.6 Å². The van der Waals surface area contributed by atoms with E-state index < -0.39 is 0 Å². The third-order valence-corrected chi connectivity index (χ3v) is 6.16. The minimum absolute atomic E-state index is 0.629. The Balaban J connectivity index is 1.90. The number of benzene rings is 2. The summed E-state index contributed by atoms with van der Waals surface area (Å²) in [5.74, 6) is 0. The molecule has 0 saturated carbocycles. The van der Waals surface area contributed by atoms with Crippen molar-refractivity contribution in [3.63, 3.8) is 0 Å². The molecule has 0 bridgehead atoms. The molecule has 0 nitrogen and oxygen atoms in total. The molecule has 2 heteroatoms. The summed E-state index contributed by atoms with van der Waals surface area (Å²) >= 11 is 5.98. The van der Waals surface area contributed by atoms with E-state index in [0.717, 1.165) is 14.5 Å². The Morgan fingerprint density at radius 3 is 2.28 bits per heavy atom. The number of hydrogen-bond donors (Lipinski definition) is 0. The largest absolute Gasteiger partial charge is 0.0884 e. The van der Waals surface area contributed by atoms with Gasteiger partial charge in [-0.2, -0.15) is 0 Å². The van der Waals surface area contributed by atoms with Crippen molar-refractivity contribution in [3.05, 3.63) is 71.3 Å². The monoisotopic (exact) mass is 368 g/mol. The maximum atomic E-state index is 5.98. The van der Waals surface area contributed by atoms with Gasteiger partial charge in [-0.3, -0.25) is 0 Å². The Hall–Kier alpha value is -1.31. The molecule has 0 fully saturated rings. The summed E-state index contributed by atoms with van der Waals surface area (Å²) in [7, 11) is 0.844. The maximum absolute atomic E-state index is 5.98. The third kappa shape index (κ3) is 8.56. The average molecular weight is 369 g/mol. The highest BCUT2D eigenvalue weighted by atomic mass is 35.5. The van der Waals surface area contributed by atoms with Crippen molar-refractivity contribution in [1.82, 2.24) is 0 Å². The predicted octanol–water partition coefficient (Wildman–Crippen LogP) is 6.92. The van der Waals surface area contributed by atoms with Crippen LogP contribution in [0.1, 0.15) is 57.4 Å². The van der Waals surface area contributed by atoms with Gasteiger partial charge in [-0.15, -0.1) is 0 Å². The summed E-state index contributed by atoms with van der Waals surface area (Å²) in [6.45, 7) is 2.28. The van der Waals surface area contributed by atoms with Crippen molar-refractivity contribution in [2.45, 2.75) is 57.4 Å².